The zero-order valence-electron chi connectivity index (χ0n) is 18.1. The summed E-state index contributed by atoms with van der Waals surface area (Å²) < 4.78 is 0. The minimum absolute atomic E-state index is 0.0956. The van der Waals surface area contributed by atoms with Crippen molar-refractivity contribution in [1.82, 2.24) is 0 Å². The van der Waals surface area contributed by atoms with Crippen molar-refractivity contribution in [1.29, 1.82) is 0 Å². The van der Waals surface area contributed by atoms with E-state index in [4.69, 9.17) is 0 Å². The molecule has 2 N–H and O–H groups in total. The molecule has 1 rings (SSSR count). The van der Waals surface area contributed by atoms with E-state index in [-0.39, 0.29) is 35.0 Å². The van der Waals surface area contributed by atoms with E-state index in [1.807, 2.05) is 13.8 Å². The normalized spacial score (nSPS) is 12.8. The summed E-state index contributed by atoms with van der Waals surface area (Å²) in [6.45, 7) is 8.06. The van der Waals surface area contributed by atoms with Gasteiger partial charge in [0.2, 0.25) is 11.8 Å². The number of nitrogens with zero attached hydrogens (tertiary/aromatic N) is 1. The Morgan fingerprint density at radius 2 is 1.45 bits per heavy atom. The van der Waals surface area contributed by atoms with Crippen molar-refractivity contribution < 1.29 is 14.5 Å². The lowest BCUT2D eigenvalue weighted by atomic mass is 9.98. The molecule has 0 saturated carbocycles. The van der Waals surface area contributed by atoms with Crippen LogP contribution in [-0.4, -0.2) is 16.7 Å². The van der Waals surface area contributed by atoms with Gasteiger partial charge in [-0.15, -0.1) is 0 Å². The van der Waals surface area contributed by atoms with Gasteiger partial charge in [-0.2, -0.15) is 0 Å². The molecule has 0 aromatic heterocycles. The van der Waals surface area contributed by atoms with Crippen LogP contribution in [-0.2, 0) is 9.59 Å². The second-order valence-electron chi connectivity index (χ2n) is 7.46. The maximum Gasteiger partial charge on any atom is 0.292 e. The number of hydrogen-bond acceptors (Lipinski definition) is 4. The molecule has 0 aliphatic carbocycles. The summed E-state index contributed by atoms with van der Waals surface area (Å²) in [6.07, 6.45) is 6.88. The van der Waals surface area contributed by atoms with E-state index in [9.17, 15) is 19.7 Å². The number of benzene rings is 1. The van der Waals surface area contributed by atoms with Gasteiger partial charge in [0, 0.05) is 23.6 Å². The Morgan fingerprint density at radius 1 is 0.931 bits per heavy atom. The number of nitro groups is 1. The molecule has 1 aromatic carbocycles. The number of hydrogen-bond donors (Lipinski definition) is 2. The van der Waals surface area contributed by atoms with Gasteiger partial charge >= 0.3 is 0 Å². The van der Waals surface area contributed by atoms with Crippen molar-refractivity contribution >= 4 is 28.9 Å². The molecule has 1 aromatic rings. The SMILES string of the molecule is CCCC[C@H](CC)C(=O)Nc1ccc([N+](=O)[O-])c(NC(=O)[C@H](CC)CCCC)c1. The average Bonchev–Trinajstić information content (AvgIpc) is 2.69. The smallest absolute Gasteiger partial charge is 0.292 e. The fourth-order valence-electron chi connectivity index (χ4n) is 3.29. The molecule has 0 fully saturated rings. The lowest BCUT2D eigenvalue weighted by Gasteiger charge is -2.17. The third-order valence-corrected chi connectivity index (χ3v) is 5.26. The number of unbranched alkanes of at least 4 members (excludes halogenated alkanes) is 2. The third-order valence-electron chi connectivity index (χ3n) is 5.26. The Morgan fingerprint density at radius 3 is 1.90 bits per heavy atom. The van der Waals surface area contributed by atoms with Crippen molar-refractivity contribution in [3.63, 3.8) is 0 Å². The number of carbonyl (C=O) groups excluding carboxylic acids is 2. The van der Waals surface area contributed by atoms with E-state index >= 15 is 0 Å². The number of anilines is 2. The number of nitrogens with one attached hydrogen (secondary N) is 2. The Kier molecular flexibility index (Phi) is 10.9. The lowest BCUT2D eigenvalue weighted by Crippen LogP contribution is -2.24. The van der Waals surface area contributed by atoms with Crippen LogP contribution in [0, 0.1) is 22.0 Å². The second-order valence-corrected chi connectivity index (χ2v) is 7.46. The van der Waals surface area contributed by atoms with E-state index in [0.29, 0.717) is 12.1 Å². The summed E-state index contributed by atoms with van der Waals surface area (Å²) >= 11 is 0. The molecule has 0 aliphatic rings. The van der Waals surface area contributed by atoms with Crippen LogP contribution < -0.4 is 10.6 Å². The number of amides is 2. The molecule has 29 heavy (non-hydrogen) atoms. The number of nitro benzene ring substituents is 1. The number of carbonyl (C=O) groups is 2. The zero-order valence-corrected chi connectivity index (χ0v) is 18.1. The van der Waals surface area contributed by atoms with Crippen LogP contribution in [0.25, 0.3) is 0 Å². The highest BCUT2D eigenvalue weighted by atomic mass is 16.6. The molecule has 2 atom stereocenters. The van der Waals surface area contributed by atoms with Crippen LogP contribution in [0.1, 0.15) is 79.1 Å². The summed E-state index contributed by atoms with van der Waals surface area (Å²) in [4.78, 5) is 36.0. The highest BCUT2D eigenvalue weighted by Gasteiger charge is 2.22. The minimum atomic E-state index is -0.524. The van der Waals surface area contributed by atoms with Gasteiger partial charge in [-0.3, -0.25) is 19.7 Å². The summed E-state index contributed by atoms with van der Waals surface area (Å²) in [5, 5.41) is 16.9. The Balaban J connectivity index is 3.00. The van der Waals surface area contributed by atoms with Crippen molar-refractivity contribution in [3.8, 4) is 0 Å². The first-order valence-corrected chi connectivity index (χ1v) is 10.8. The van der Waals surface area contributed by atoms with Crippen LogP contribution in [0.5, 0.6) is 0 Å². The lowest BCUT2D eigenvalue weighted by molar-refractivity contribution is -0.383. The zero-order chi connectivity index (χ0) is 21.8. The van der Waals surface area contributed by atoms with Crippen molar-refractivity contribution in [2.24, 2.45) is 11.8 Å². The van der Waals surface area contributed by atoms with Crippen LogP contribution in [0.4, 0.5) is 17.1 Å². The number of rotatable bonds is 13. The molecular weight excluding hydrogens is 370 g/mol. The molecule has 0 saturated heterocycles. The first-order chi connectivity index (χ1) is 13.9. The van der Waals surface area contributed by atoms with Crippen molar-refractivity contribution in [3.05, 3.63) is 28.3 Å². The molecular formula is C22H35N3O4. The van der Waals surface area contributed by atoms with Gasteiger partial charge in [0.15, 0.2) is 0 Å². The molecule has 0 spiro atoms. The van der Waals surface area contributed by atoms with Crippen LogP contribution in [0.2, 0.25) is 0 Å². The highest BCUT2D eigenvalue weighted by Crippen LogP contribution is 2.29. The Hall–Kier alpha value is -2.44. The van der Waals surface area contributed by atoms with Crippen molar-refractivity contribution in [2.75, 3.05) is 10.6 Å². The molecule has 0 unspecified atom stereocenters. The fraction of sp³-hybridized carbons (Fsp3) is 0.636. The molecule has 0 bridgehead atoms. The fourth-order valence-corrected chi connectivity index (χ4v) is 3.29. The average molecular weight is 406 g/mol. The molecule has 0 radical (unpaired) electrons. The van der Waals surface area contributed by atoms with E-state index in [1.54, 1.807) is 0 Å². The van der Waals surface area contributed by atoms with Crippen molar-refractivity contribution in [2.45, 2.75) is 79.1 Å². The molecule has 7 nitrogen and oxygen atoms in total. The van der Waals surface area contributed by atoms with E-state index in [1.165, 1.54) is 18.2 Å². The summed E-state index contributed by atoms with van der Waals surface area (Å²) in [5.74, 6) is -0.601. The molecule has 162 valence electrons. The summed E-state index contributed by atoms with van der Waals surface area (Å²) in [5.41, 5.74) is 0.390. The van der Waals surface area contributed by atoms with Gasteiger partial charge < -0.3 is 10.6 Å². The maximum absolute atomic E-state index is 12.6. The molecule has 2 amide bonds. The molecule has 7 heteroatoms. The maximum atomic E-state index is 12.6. The Bertz CT molecular complexity index is 691. The van der Waals surface area contributed by atoms with Gasteiger partial charge in [-0.05, 0) is 37.8 Å². The van der Waals surface area contributed by atoms with E-state index < -0.39 is 4.92 Å². The monoisotopic (exact) mass is 405 g/mol. The predicted octanol–water partition coefficient (Wildman–Crippen LogP) is 5.90. The van der Waals surface area contributed by atoms with Gasteiger partial charge in [0.1, 0.15) is 5.69 Å². The third kappa shape index (κ3) is 7.83. The topological polar surface area (TPSA) is 101 Å². The summed E-state index contributed by atoms with van der Waals surface area (Å²) in [7, 11) is 0. The highest BCUT2D eigenvalue weighted by molar-refractivity contribution is 5.97. The quantitative estimate of drug-likeness (QED) is 0.315. The van der Waals surface area contributed by atoms with Gasteiger partial charge in [-0.1, -0.05) is 53.4 Å². The molecule has 0 aliphatic heterocycles. The predicted molar refractivity (Wildman–Crippen MR) is 117 cm³/mol. The Labute approximate surface area is 173 Å². The molecule has 0 heterocycles. The van der Waals surface area contributed by atoms with E-state index in [2.05, 4.69) is 24.5 Å². The second kappa shape index (κ2) is 12.9. The standard InChI is InChI=1S/C22H35N3O4/c1-5-9-11-16(7-3)21(26)23-18-13-14-20(25(28)29)19(15-18)24-22(27)17(8-4)12-10-6-2/h13-17H,5-12H2,1-4H3,(H,23,26)(H,24,27)/t16-,17+/m0/s1. The summed E-state index contributed by atoms with van der Waals surface area (Å²) in [6, 6.07) is 4.31. The first kappa shape index (κ1) is 24.6. The van der Waals surface area contributed by atoms with Crippen LogP contribution in [0.3, 0.4) is 0 Å². The largest absolute Gasteiger partial charge is 0.326 e. The van der Waals surface area contributed by atoms with Crippen LogP contribution in [0.15, 0.2) is 18.2 Å². The van der Waals surface area contributed by atoms with E-state index in [0.717, 1.165) is 44.9 Å². The first-order valence-electron chi connectivity index (χ1n) is 10.8. The van der Waals surface area contributed by atoms with Gasteiger partial charge in [-0.25, -0.2) is 0 Å². The van der Waals surface area contributed by atoms with Gasteiger partial charge in [0.25, 0.3) is 5.69 Å². The van der Waals surface area contributed by atoms with Crippen LogP contribution >= 0.6 is 0 Å². The van der Waals surface area contributed by atoms with Gasteiger partial charge in [0.05, 0.1) is 4.92 Å². The minimum Gasteiger partial charge on any atom is -0.326 e.